The van der Waals surface area contributed by atoms with Crippen molar-refractivity contribution in [2.45, 2.75) is 45.4 Å². The van der Waals surface area contributed by atoms with Gasteiger partial charge < -0.3 is 19.7 Å². The van der Waals surface area contributed by atoms with Crippen LogP contribution in [0.2, 0.25) is 0 Å². The van der Waals surface area contributed by atoms with E-state index in [4.69, 9.17) is 4.74 Å². The summed E-state index contributed by atoms with van der Waals surface area (Å²) < 4.78 is 8.38. The molecule has 0 radical (unpaired) electrons. The summed E-state index contributed by atoms with van der Waals surface area (Å²) in [5, 5.41) is 11.8. The number of carboxylic acids is 1. The molecule has 1 aromatic rings. The summed E-state index contributed by atoms with van der Waals surface area (Å²) in [5.41, 5.74) is -2.19. The molecule has 7 nitrogen and oxygen atoms in total. The molecule has 1 aromatic heterocycles. The summed E-state index contributed by atoms with van der Waals surface area (Å²) in [4.78, 5) is 27.5. The summed E-state index contributed by atoms with van der Waals surface area (Å²) in [5.74, 6) is -1.15. The number of hydrogen-bond acceptors (Lipinski definition) is 4. The quantitative estimate of drug-likeness (QED) is 0.595. The first-order valence-corrected chi connectivity index (χ1v) is 8.21. The molecule has 1 unspecified atom stereocenters. The van der Waals surface area contributed by atoms with Crippen LogP contribution in [0.5, 0.6) is 0 Å². The maximum absolute atomic E-state index is 11.8. The minimum absolute atomic E-state index is 0.0514. The molecule has 21 heavy (non-hydrogen) atoms. The molecule has 0 fully saturated rings. The van der Waals surface area contributed by atoms with Gasteiger partial charge in [0.2, 0.25) is 0 Å². The number of amides is 1. The second-order valence-electron chi connectivity index (χ2n) is 5.72. The van der Waals surface area contributed by atoms with Crippen molar-refractivity contribution in [2.75, 3.05) is 0 Å². The van der Waals surface area contributed by atoms with Crippen molar-refractivity contribution in [3.05, 3.63) is 13.7 Å². The van der Waals surface area contributed by atoms with Gasteiger partial charge in [-0.1, -0.05) is 0 Å². The lowest BCUT2D eigenvalue weighted by Gasteiger charge is -2.29. The van der Waals surface area contributed by atoms with Gasteiger partial charge in [0.1, 0.15) is 13.0 Å². The Bertz CT molecular complexity index is 553. The lowest BCUT2D eigenvalue weighted by Crippen LogP contribution is -2.56. The lowest BCUT2D eigenvalue weighted by molar-refractivity contribution is -0.144. The number of alkyl carbamates (subject to hydrolysis) is 1. The molecule has 1 atom stereocenters. The average Bonchev–Trinajstić information content (AvgIpc) is 2.57. The number of carbonyl (C=O) groups is 2. The first kappa shape index (κ1) is 18.5. The largest absolute Gasteiger partial charge is 0.479 e. The maximum atomic E-state index is 11.8. The van der Waals surface area contributed by atoms with Gasteiger partial charge in [0.05, 0.1) is 12.9 Å². The molecule has 1 heterocycles. The van der Waals surface area contributed by atoms with Crippen LogP contribution < -0.4 is 5.32 Å². The van der Waals surface area contributed by atoms with Crippen LogP contribution in [0.4, 0.5) is 4.79 Å². The summed E-state index contributed by atoms with van der Waals surface area (Å²) >= 11 is 4.13. The SMILES string of the molecule is CC(C)(C)OC(=O)NC(C)(Cn1cnc(I)c1I)C(=O)O. The van der Waals surface area contributed by atoms with Crippen LogP contribution in [0.1, 0.15) is 27.7 Å². The molecule has 1 rings (SSSR count). The van der Waals surface area contributed by atoms with E-state index in [1.54, 1.807) is 31.7 Å². The molecule has 2 N–H and O–H groups in total. The Balaban J connectivity index is 2.91. The first-order chi connectivity index (χ1) is 9.44. The Morgan fingerprint density at radius 3 is 2.33 bits per heavy atom. The molecular weight excluding hydrogens is 504 g/mol. The fraction of sp³-hybridized carbons (Fsp3) is 0.583. The fourth-order valence-corrected chi connectivity index (χ4v) is 2.35. The average molecular weight is 521 g/mol. The van der Waals surface area contributed by atoms with E-state index in [1.807, 2.05) is 0 Å². The van der Waals surface area contributed by atoms with E-state index in [0.29, 0.717) is 0 Å². The van der Waals surface area contributed by atoms with Crippen LogP contribution in [0, 0.1) is 7.40 Å². The Labute approximate surface area is 150 Å². The van der Waals surface area contributed by atoms with Crippen LogP contribution in [-0.4, -0.2) is 37.9 Å². The minimum Gasteiger partial charge on any atom is -0.479 e. The Hall–Kier alpha value is -0.590. The highest BCUT2D eigenvalue weighted by atomic mass is 127. The van der Waals surface area contributed by atoms with Gasteiger partial charge in [0.15, 0.2) is 5.54 Å². The molecule has 9 heteroatoms. The third-order valence-corrected chi connectivity index (χ3v) is 5.42. The molecule has 0 aliphatic rings. The van der Waals surface area contributed by atoms with Crippen LogP contribution >= 0.6 is 45.2 Å². The van der Waals surface area contributed by atoms with E-state index < -0.39 is 23.2 Å². The monoisotopic (exact) mass is 521 g/mol. The van der Waals surface area contributed by atoms with Crippen LogP contribution in [0.25, 0.3) is 0 Å². The van der Waals surface area contributed by atoms with Crippen molar-refractivity contribution < 1.29 is 19.4 Å². The van der Waals surface area contributed by atoms with Crippen molar-refractivity contribution in [1.82, 2.24) is 14.9 Å². The predicted molar refractivity (Wildman–Crippen MR) is 93.1 cm³/mol. The maximum Gasteiger partial charge on any atom is 0.408 e. The third-order valence-electron chi connectivity index (χ3n) is 2.47. The summed E-state index contributed by atoms with van der Waals surface area (Å²) in [6, 6.07) is 0. The molecule has 118 valence electrons. The van der Waals surface area contributed by atoms with E-state index in [1.165, 1.54) is 6.92 Å². The number of nitrogens with zero attached hydrogens (tertiary/aromatic N) is 2. The van der Waals surface area contributed by atoms with Crippen LogP contribution in [0.3, 0.4) is 0 Å². The normalized spacial score (nSPS) is 14.4. The van der Waals surface area contributed by atoms with Crippen molar-refractivity contribution in [1.29, 1.82) is 0 Å². The van der Waals surface area contributed by atoms with Gasteiger partial charge in [-0.15, -0.1) is 0 Å². The zero-order valence-corrected chi connectivity index (χ0v) is 16.4. The van der Waals surface area contributed by atoms with Crippen molar-refractivity contribution in [3.63, 3.8) is 0 Å². The number of carboxylic acid groups (broad SMARTS) is 1. The number of ether oxygens (including phenoxy) is 1. The highest BCUT2D eigenvalue weighted by Crippen LogP contribution is 2.18. The highest BCUT2D eigenvalue weighted by Gasteiger charge is 2.37. The standard InChI is InChI=1S/C12H17I2N3O4/c1-11(2,3)21-10(20)16-12(4,9(18)19)5-17-6-15-7(13)8(17)14/h6H,5H2,1-4H3,(H,16,20)(H,18,19). The van der Waals surface area contributed by atoms with Gasteiger partial charge in [0, 0.05) is 0 Å². The van der Waals surface area contributed by atoms with Crippen molar-refractivity contribution in [2.24, 2.45) is 0 Å². The molecule has 0 spiro atoms. The lowest BCUT2D eigenvalue weighted by atomic mass is 10.0. The number of nitrogens with one attached hydrogen (secondary N) is 1. The smallest absolute Gasteiger partial charge is 0.408 e. The molecule has 0 aromatic carbocycles. The second-order valence-corrected chi connectivity index (χ2v) is 7.76. The van der Waals surface area contributed by atoms with E-state index in [-0.39, 0.29) is 6.54 Å². The third kappa shape index (κ3) is 5.27. The highest BCUT2D eigenvalue weighted by molar-refractivity contribution is 14.1. The van der Waals surface area contributed by atoms with Crippen molar-refractivity contribution in [3.8, 4) is 0 Å². The Morgan fingerprint density at radius 2 is 1.95 bits per heavy atom. The van der Waals surface area contributed by atoms with Crippen LogP contribution in [-0.2, 0) is 16.1 Å². The van der Waals surface area contributed by atoms with Gasteiger partial charge in [-0.05, 0) is 72.9 Å². The second kappa shape index (κ2) is 6.67. The predicted octanol–water partition coefficient (Wildman–Crippen LogP) is 2.46. The van der Waals surface area contributed by atoms with E-state index in [9.17, 15) is 14.7 Å². The van der Waals surface area contributed by atoms with Crippen molar-refractivity contribution >= 4 is 57.2 Å². The first-order valence-electron chi connectivity index (χ1n) is 6.05. The number of hydrogen-bond donors (Lipinski definition) is 2. The molecule has 1 amide bonds. The fourth-order valence-electron chi connectivity index (χ4n) is 1.48. The molecule has 0 bridgehead atoms. The molecule has 0 saturated heterocycles. The number of halogens is 2. The number of rotatable bonds is 4. The minimum atomic E-state index is -1.49. The molecule has 0 saturated carbocycles. The summed E-state index contributed by atoms with van der Waals surface area (Å²) in [6.45, 7) is 6.63. The molecule has 0 aliphatic carbocycles. The topological polar surface area (TPSA) is 93.5 Å². The van der Waals surface area contributed by atoms with Gasteiger partial charge in [0.25, 0.3) is 0 Å². The summed E-state index contributed by atoms with van der Waals surface area (Å²) in [7, 11) is 0. The molecule has 0 aliphatic heterocycles. The van der Waals surface area contributed by atoms with E-state index >= 15 is 0 Å². The Morgan fingerprint density at radius 1 is 1.38 bits per heavy atom. The van der Waals surface area contributed by atoms with E-state index in [2.05, 4.69) is 55.5 Å². The zero-order chi connectivity index (χ0) is 16.4. The van der Waals surface area contributed by atoms with Crippen LogP contribution in [0.15, 0.2) is 6.33 Å². The van der Waals surface area contributed by atoms with Gasteiger partial charge in [-0.25, -0.2) is 14.6 Å². The van der Waals surface area contributed by atoms with Gasteiger partial charge in [-0.2, -0.15) is 0 Å². The number of imidazole rings is 1. The van der Waals surface area contributed by atoms with Gasteiger partial charge in [-0.3, -0.25) is 0 Å². The molecular formula is C12H17I2N3O4. The number of carbonyl (C=O) groups excluding carboxylic acids is 1. The van der Waals surface area contributed by atoms with Gasteiger partial charge >= 0.3 is 12.1 Å². The number of aromatic nitrogens is 2. The van der Waals surface area contributed by atoms with E-state index in [0.717, 1.165) is 7.40 Å². The zero-order valence-electron chi connectivity index (χ0n) is 12.1. The Kier molecular flexibility index (Phi) is 5.86. The summed E-state index contributed by atoms with van der Waals surface area (Å²) in [6.07, 6.45) is 0.777. The number of aliphatic carboxylic acids is 1.